The van der Waals surface area contributed by atoms with E-state index in [1.165, 1.54) is 0 Å². The lowest BCUT2D eigenvalue weighted by Gasteiger charge is -2.10. The molecule has 0 saturated heterocycles. The van der Waals surface area contributed by atoms with Crippen LogP contribution in [-0.4, -0.2) is 14.5 Å². The van der Waals surface area contributed by atoms with Crippen molar-refractivity contribution in [1.82, 2.24) is 14.5 Å². The summed E-state index contributed by atoms with van der Waals surface area (Å²) in [5, 5.41) is 1.35. The van der Waals surface area contributed by atoms with Crippen LogP contribution in [0, 0.1) is 0 Å². The van der Waals surface area contributed by atoms with Crippen molar-refractivity contribution in [1.29, 1.82) is 0 Å². The molecule has 0 amide bonds. The second-order valence-corrected chi connectivity index (χ2v) is 6.27. The van der Waals surface area contributed by atoms with E-state index in [1.54, 1.807) is 30.7 Å². The van der Waals surface area contributed by atoms with Gasteiger partial charge in [-0.15, -0.1) is 0 Å². The van der Waals surface area contributed by atoms with Gasteiger partial charge in [0.05, 0.1) is 6.54 Å². The summed E-state index contributed by atoms with van der Waals surface area (Å²) in [6.07, 6.45) is 7.19. The molecule has 0 bridgehead atoms. The quantitative estimate of drug-likeness (QED) is 0.633. The fourth-order valence-corrected chi connectivity index (χ4v) is 2.82. The summed E-state index contributed by atoms with van der Waals surface area (Å²) in [5.74, 6) is 0.833. The lowest BCUT2D eigenvalue weighted by atomic mass is 10.2. The van der Waals surface area contributed by atoms with Crippen molar-refractivity contribution < 1.29 is 0 Å². The maximum absolute atomic E-state index is 6.22. The topological polar surface area (TPSA) is 30.7 Å². The Balaban J connectivity index is 1.98. The Morgan fingerprint density at radius 2 is 2.00 bits per heavy atom. The van der Waals surface area contributed by atoms with E-state index >= 15 is 0 Å². The van der Waals surface area contributed by atoms with E-state index in [0.29, 0.717) is 16.6 Å². The predicted octanol–water partition coefficient (Wildman–Crippen LogP) is 5.06. The maximum atomic E-state index is 6.22. The number of aromatic nitrogens is 3. The molecule has 0 N–H and O–H groups in total. The van der Waals surface area contributed by atoms with Crippen LogP contribution in [0.25, 0.3) is 11.4 Å². The molecule has 0 fully saturated rings. The highest BCUT2D eigenvalue weighted by Gasteiger charge is 2.09. The second-order valence-electron chi connectivity index (χ2n) is 4.51. The zero-order chi connectivity index (χ0) is 14.8. The third kappa shape index (κ3) is 3.28. The van der Waals surface area contributed by atoms with Crippen molar-refractivity contribution in [3.8, 4) is 11.4 Å². The zero-order valence-corrected chi connectivity index (χ0v) is 13.9. The van der Waals surface area contributed by atoms with Crippen LogP contribution in [0.3, 0.4) is 0 Å². The Kier molecular flexibility index (Phi) is 4.29. The molecule has 0 atom stereocenters. The minimum atomic E-state index is 0.598. The molecule has 0 spiro atoms. The summed E-state index contributed by atoms with van der Waals surface area (Å²) in [7, 11) is 0. The maximum Gasteiger partial charge on any atom is 0.141 e. The first-order valence-electron chi connectivity index (χ1n) is 6.19. The lowest BCUT2D eigenvalue weighted by Crippen LogP contribution is -2.02. The Morgan fingerprint density at radius 3 is 2.81 bits per heavy atom. The van der Waals surface area contributed by atoms with E-state index in [4.69, 9.17) is 23.2 Å². The molecule has 6 heteroatoms. The largest absolute Gasteiger partial charge is 0.326 e. The van der Waals surface area contributed by atoms with Crippen molar-refractivity contribution in [2.24, 2.45) is 0 Å². The molecule has 106 valence electrons. The molecular weight excluding hydrogens is 373 g/mol. The van der Waals surface area contributed by atoms with Crippen LogP contribution in [0.15, 0.2) is 53.5 Å². The van der Waals surface area contributed by atoms with E-state index in [0.717, 1.165) is 21.4 Å². The highest BCUT2D eigenvalue weighted by atomic mass is 79.9. The van der Waals surface area contributed by atoms with Crippen molar-refractivity contribution in [3.63, 3.8) is 0 Å². The third-order valence-corrected chi connectivity index (χ3v) is 4.06. The normalized spacial score (nSPS) is 10.8. The molecule has 0 unspecified atom stereocenters. The molecule has 0 radical (unpaired) electrons. The Morgan fingerprint density at radius 1 is 1.14 bits per heavy atom. The van der Waals surface area contributed by atoms with Crippen molar-refractivity contribution in [2.75, 3.05) is 0 Å². The number of pyridine rings is 1. The molecule has 0 aliphatic heterocycles. The average molecular weight is 383 g/mol. The second kappa shape index (κ2) is 6.18. The standard InChI is InChI=1S/C15H10BrCl2N3/c16-12-5-10(7-19-8-12)15-20-3-4-21(15)9-11-6-13(17)1-2-14(11)18/h1-8H,9H2. The smallest absolute Gasteiger partial charge is 0.141 e. The van der Waals surface area contributed by atoms with Crippen molar-refractivity contribution in [2.45, 2.75) is 6.54 Å². The molecule has 0 aliphatic rings. The van der Waals surface area contributed by atoms with Gasteiger partial charge >= 0.3 is 0 Å². The van der Waals surface area contributed by atoms with Gasteiger partial charge in [0.1, 0.15) is 5.82 Å². The van der Waals surface area contributed by atoms with E-state index in [2.05, 4.69) is 25.9 Å². The van der Waals surface area contributed by atoms with E-state index in [9.17, 15) is 0 Å². The number of benzene rings is 1. The number of hydrogen-bond acceptors (Lipinski definition) is 2. The monoisotopic (exact) mass is 381 g/mol. The van der Waals surface area contributed by atoms with E-state index < -0.39 is 0 Å². The van der Waals surface area contributed by atoms with Crippen molar-refractivity contribution >= 4 is 39.1 Å². The SMILES string of the molecule is Clc1ccc(Cl)c(Cn2ccnc2-c2cncc(Br)c2)c1. The number of rotatable bonds is 3. The molecular formula is C15H10BrCl2N3. The van der Waals surface area contributed by atoms with Gasteiger partial charge in [-0.2, -0.15) is 0 Å². The molecule has 3 aromatic rings. The third-order valence-electron chi connectivity index (χ3n) is 3.03. The summed E-state index contributed by atoms with van der Waals surface area (Å²) in [6, 6.07) is 7.43. The van der Waals surface area contributed by atoms with Gasteiger partial charge in [0, 0.05) is 44.9 Å². The van der Waals surface area contributed by atoms with Gasteiger partial charge in [0.2, 0.25) is 0 Å². The zero-order valence-electron chi connectivity index (χ0n) is 10.8. The molecule has 1 aromatic carbocycles. The van der Waals surface area contributed by atoms with Gasteiger partial charge in [-0.25, -0.2) is 4.98 Å². The van der Waals surface area contributed by atoms with Gasteiger partial charge in [-0.1, -0.05) is 23.2 Å². The van der Waals surface area contributed by atoms with Gasteiger partial charge < -0.3 is 4.57 Å². The minimum Gasteiger partial charge on any atom is -0.326 e. The highest BCUT2D eigenvalue weighted by molar-refractivity contribution is 9.10. The number of nitrogens with zero attached hydrogens (tertiary/aromatic N) is 3. The highest BCUT2D eigenvalue weighted by Crippen LogP contribution is 2.25. The number of hydrogen-bond donors (Lipinski definition) is 0. The van der Waals surface area contributed by atoms with Crippen LogP contribution in [0.2, 0.25) is 10.0 Å². The number of imidazole rings is 1. The number of halogens is 3. The van der Waals surface area contributed by atoms with E-state index in [1.807, 2.05) is 22.9 Å². The Bertz CT molecular complexity index is 786. The van der Waals surface area contributed by atoms with Crippen LogP contribution < -0.4 is 0 Å². The summed E-state index contributed by atoms with van der Waals surface area (Å²) >= 11 is 15.7. The molecule has 0 aliphatic carbocycles. The molecule has 2 heterocycles. The Hall–Kier alpha value is -1.36. The van der Waals surface area contributed by atoms with Gasteiger partial charge in [-0.3, -0.25) is 4.98 Å². The van der Waals surface area contributed by atoms with Crippen LogP contribution >= 0.6 is 39.1 Å². The summed E-state index contributed by atoms with van der Waals surface area (Å²) in [6.45, 7) is 0.598. The first kappa shape index (κ1) is 14.6. The lowest BCUT2D eigenvalue weighted by molar-refractivity contribution is 0.806. The fraction of sp³-hybridized carbons (Fsp3) is 0.0667. The molecule has 3 rings (SSSR count). The average Bonchev–Trinajstić information content (AvgIpc) is 2.91. The summed E-state index contributed by atoms with van der Waals surface area (Å²) in [5.41, 5.74) is 1.89. The summed E-state index contributed by atoms with van der Waals surface area (Å²) < 4.78 is 2.93. The van der Waals surface area contributed by atoms with Crippen LogP contribution in [0.5, 0.6) is 0 Å². The molecule has 2 aromatic heterocycles. The fourth-order valence-electron chi connectivity index (χ4n) is 2.08. The van der Waals surface area contributed by atoms with Crippen molar-refractivity contribution in [3.05, 3.63) is 69.1 Å². The van der Waals surface area contributed by atoms with Gasteiger partial charge in [0.25, 0.3) is 0 Å². The molecule has 21 heavy (non-hydrogen) atoms. The van der Waals surface area contributed by atoms with Gasteiger partial charge in [0.15, 0.2) is 0 Å². The predicted molar refractivity (Wildman–Crippen MR) is 88.7 cm³/mol. The first-order chi connectivity index (χ1) is 10.1. The minimum absolute atomic E-state index is 0.598. The van der Waals surface area contributed by atoms with Gasteiger partial charge in [-0.05, 0) is 45.8 Å². The molecule has 0 saturated carbocycles. The van der Waals surface area contributed by atoms with E-state index in [-0.39, 0.29) is 0 Å². The van der Waals surface area contributed by atoms with Crippen LogP contribution in [-0.2, 0) is 6.54 Å². The summed E-state index contributed by atoms with van der Waals surface area (Å²) in [4.78, 5) is 8.57. The Labute approximate surface area is 140 Å². The van der Waals surface area contributed by atoms with Crippen LogP contribution in [0.4, 0.5) is 0 Å². The van der Waals surface area contributed by atoms with Crippen LogP contribution in [0.1, 0.15) is 5.56 Å². The first-order valence-corrected chi connectivity index (χ1v) is 7.74. The molecule has 3 nitrogen and oxygen atoms in total.